The maximum atomic E-state index is 13.6. The quantitative estimate of drug-likeness (QED) is 0.472. The molecule has 0 fully saturated rings. The van der Waals surface area contributed by atoms with Gasteiger partial charge in [-0.1, -0.05) is 12.1 Å². The van der Waals surface area contributed by atoms with Gasteiger partial charge in [0.1, 0.15) is 11.9 Å². The summed E-state index contributed by atoms with van der Waals surface area (Å²) in [5, 5.41) is 8.94. The number of ether oxygens (including phenoxy) is 2. The molecule has 0 aromatic heterocycles. The van der Waals surface area contributed by atoms with Crippen molar-refractivity contribution in [3.8, 4) is 11.5 Å². The van der Waals surface area contributed by atoms with E-state index in [1.165, 1.54) is 31.5 Å². The molecule has 0 saturated carbocycles. The normalized spacial score (nSPS) is 15.5. The fourth-order valence-corrected chi connectivity index (χ4v) is 2.68. The van der Waals surface area contributed by atoms with Gasteiger partial charge in [-0.25, -0.2) is 14.8 Å². The molecule has 2 amide bonds. The van der Waals surface area contributed by atoms with Crippen molar-refractivity contribution >= 4 is 29.7 Å². The molecule has 1 aliphatic rings. The number of hydrazone groups is 1. The number of hydrogen-bond acceptors (Lipinski definition) is 7. The maximum Gasteiger partial charge on any atom is 0.252 e. The van der Waals surface area contributed by atoms with Crippen molar-refractivity contribution in [2.24, 2.45) is 10.1 Å². The van der Waals surface area contributed by atoms with Crippen LogP contribution in [0.3, 0.4) is 0 Å². The Morgan fingerprint density at radius 2 is 2.00 bits per heavy atom. The average molecular weight is 413 g/mol. The molecule has 2 aromatic carbocycles. The molecule has 1 aliphatic heterocycles. The molecule has 9 nitrogen and oxygen atoms in total. The summed E-state index contributed by atoms with van der Waals surface area (Å²) in [4.78, 5) is 28.2. The van der Waals surface area contributed by atoms with Crippen LogP contribution in [0, 0.1) is 5.82 Å². The van der Waals surface area contributed by atoms with Crippen LogP contribution >= 0.6 is 0 Å². The van der Waals surface area contributed by atoms with Gasteiger partial charge in [-0.3, -0.25) is 14.9 Å². The van der Waals surface area contributed by atoms with E-state index in [4.69, 9.17) is 9.47 Å². The van der Waals surface area contributed by atoms with E-state index in [0.717, 1.165) is 5.56 Å². The molecule has 0 unspecified atom stereocenters. The zero-order valence-corrected chi connectivity index (χ0v) is 16.3. The fraction of sp³-hybridized carbons (Fsp3) is 0.200. The molecular formula is C20H20FN5O4. The van der Waals surface area contributed by atoms with Gasteiger partial charge in [-0.2, -0.15) is 5.10 Å². The minimum Gasteiger partial charge on any atom is -0.493 e. The van der Waals surface area contributed by atoms with E-state index in [-0.39, 0.29) is 18.1 Å². The molecule has 156 valence electrons. The molecule has 10 heteroatoms. The lowest BCUT2D eigenvalue weighted by Crippen LogP contribution is -2.35. The Kier molecular flexibility index (Phi) is 6.58. The first-order valence-electron chi connectivity index (χ1n) is 8.94. The largest absolute Gasteiger partial charge is 0.493 e. The second-order valence-corrected chi connectivity index (χ2v) is 6.20. The highest BCUT2D eigenvalue weighted by atomic mass is 19.1. The number of rotatable bonds is 7. The van der Waals surface area contributed by atoms with Gasteiger partial charge in [-0.05, 0) is 35.9 Å². The first kappa shape index (κ1) is 20.8. The van der Waals surface area contributed by atoms with E-state index >= 15 is 0 Å². The molecule has 0 radical (unpaired) electrons. The van der Waals surface area contributed by atoms with E-state index < -0.39 is 23.7 Å². The van der Waals surface area contributed by atoms with E-state index in [1.54, 1.807) is 31.4 Å². The lowest BCUT2D eigenvalue weighted by atomic mass is 10.2. The predicted molar refractivity (Wildman–Crippen MR) is 109 cm³/mol. The van der Waals surface area contributed by atoms with Gasteiger partial charge in [0, 0.05) is 0 Å². The summed E-state index contributed by atoms with van der Waals surface area (Å²) in [6, 6.07) is 10.1. The minimum absolute atomic E-state index is 0.0442. The highest BCUT2D eigenvalue weighted by Crippen LogP contribution is 2.26. The third kappa shape index (κ3) is 5.10. The smallest absolute Gasteiger partial charge is 0.252 e. The molecule has 1 atom stereocenters. The van der Waals surface area contributed by atoms with Gasteiger partial charge in [0.2, 0.25) is 11.9 Å². The van der Waals surface area contributed by atoms with Crippen molar-refractivity contribution in [1.29, 1.82) is 0 Å². The minimum atomic E-state index is -0.935. The summed E-state index contributed by atoms with van der Waals surface area (Å²) in [5.41, 5.74) is 3.38. The van der Waals surface area contributed by atoms with Gasteiger partial charge in [0.05, 0.1) is 32.5 Å². The highest BCUT2D eigenvalue weighted by Gasteiger charge is 2.28. The summed E-state index contributed by atoms with van der Waals surface area (Å²) in [7, 11) is 3.07. The van der Waals surface area contributed by atoms with Gasteiger partial charge in [0.15, 0.2) is 11.5 Å². The summed E-state index contributed by atoms with van der Waals surface area (Å²) in [6.45, 7) is 0. The van der Waals surface area contributed by atoms with Crippen LogP contribution < -0.4 is 25.5 Å². The summed E-state index contributed by atoms with van der Waals surface area (Å²) >= 11 is 0. The molecule has 2 aromatic rings. The molecule has 30 heavy (non-hydrogen) atoms. The van der Waals surface area contributed by atoms with Gasteiger partial charge >= 0.3 is 0 Å². The van der Waals surface area contributed by atoms with Crippen molar-refractivity contribution in [3.05, 3.63) is 53.8 Å². The molecule has 0 spiro atoms. The number of halogens is 1. The number of hydrogen-bond donors (Lipinski definition) is 3. The van der Waals surface area contributed by atoms with Crippen LogP contribution in [0.15, 0.2) is 52.6 Å². The number of aliphatic imine (C=N–C) groups is 1. The van der Waals surface area contributed by atoms with Crippen molar-refractivity contribution in [3.63, 3.8) is 0 Å². The lowest BCUT2D eigenvalue weighted by Gasteiger charge is -2.07. The number of para-hydroxylation sites is 1. The number of nitrogens with zero attached hydrogens (tertiary/aromatic N) is 2. The Morgan fingerprint density at radius 3 is 2.73 bits per heavy atom. The number of methoxy groups -OCH3 is 2. The third-order valence-electron chi connectivity index (χ3n) is 4.15. The average Bonchev–Trinajstić information content (AvgIpc) is 3.08. The second kappa shape index (κ2) is 9.50. The van der Waals surface area contributed by atoms with E-state index in [9.17, 15) is 14.0 Å². The summed E-state index contributed by atoms with van der Waals surface area (Å²) in [6.07, 6.45) is 1.28. The number of guanidine groups is 1. The molecule has 3 N–H and O–H groups in total. The number of carbonyl (C=O) groups is 2. The Labute approximate surface area is 172 Å². The van der Waals surface area contributed by atoms with Gasteiger partial charge in [0.25, 0.3) is 5.91 Å². The zero-order valence-electron chi connectivity index (χ0n) is 16.3. The van der Waals surface area contributed by atoms with E-state index in [2.05, 4.69) is 26.2 Å². The molecule has 0 aliphatic carbocycles. The van der Waals surface area contributed by atoms with Crippen molar-refractivity contribution in [2.45, 2.75) is 12.5 Å². The number of nitrogens with one attached hydrogen (secondary N) is 3. The predicted octanol–water partition coefficient (Wildman–Crippen LogP) is 1.65. The highest BCUT2D eigenvalue weighted by molar-refractivity contribution is 6.07. The molecular weight excluding hydrogens is 393 g/mol. The van der Waals surface area contributed by atoms with E-state index in [1.807, 2.05) is 0 Å². The number of benzene rings is 2. The second-order valence-electron chi connectivity index (χ2n) is 6.20. The Bertz CT molecular complexity index is 1010. The number of carbonyl (C=O) groups excluding carboxylic acids is 2. The first-order valence-corrected chi connectivity index (χ1v) is 8.94. The topological polar surface area (TPSA) is 113 Å². The van der Waals surface area contributed by atoms with E-state index in [0.29, 0.717) is 11.5 Å². The van der Waals surface area contributed by atoms with Crippen LogP contribution in [0.2, 0.25) is 0 Å². The zero-order chi connectivity index (χ0) is 21.5. The molecule has 0 saturated heterocycles. The SMILES string of the molecule is COc1ccc(/C=N\NC2=N[C@@H](CC(=O)Nc3ccccc3F)C(=O)N2)cc1OC. The van der Waals surface area contributed by atoms with Gasteiger partial charge < -0.3 is 14.8 Å². The Balaban J connectivity index is 1.57. The van der Waals surface area contributed by atoms with Crippen LogP contribution in [0.5, 0.6) is 11.5 Å². The monoisotopic (exact) mass is 413 g/mol. The number of anilines is 1. The van der Waals surface area contributed by atoms with Crippen molar-refractivity contribution < 1.29 is 23.5 Å². The molecule has 3 rings (SSSR count). The molecule has 1 heterocycles. The van der Waals surface area contributed by atoms with Crippen molar-refractivity contribution in [1.82, 2.24) is 10.7 Å². The van der Waals surface area contributed by atoms with Crippen LogP contribution in [-0.2, 0) is 9.59 Å². The van der Waals surface area contributed by atoms with Crippen molar-refractivity contribution in [2.75, 3.05) is 19.5 Å². The Morgan fingerprint density at radius 1 is 1.23 bits per heavy atom. The summed E-state index contributed by atoms with van der Waals surface area (Å²) < 4.78 is 24.0. The standard InChI is InChI=1S/C20H20FN5O4/c1-29-16-8-7-12(9-17(16)30-2)11-22-26-20-24-15(19(28)25-20)10-18(27)23-14-6-4-3-5-13(14)21/h3-9,11,15H,10H2,1-2H3,(H,23,27)(H2,24,25,26,28)/b22-11-/t15-/m0/s1. The van der Waals surface area contributed by atoms with Crippen LogP contribution in [0.4, 0.5) is 10.1 Å². The summed E-state index contributed by atoms with van der Waals surface area (Å²) in [5.74, 6) is -0.292. The maximum absolute atomic E-state index is 13.6. The number of amides is 2. The van der Waals surface area contributed by atoms with Crippen LogP contribution in [-0.4, -0.2) is 44.2 Å². The third-order valence-corrected chi connectivity index (χ3v) is 4.15. The Hall–Kier alpha value is -3.95. The first-order chi connectivity index (χ1) is 14.5. The molecule has 0 bridgehead atoms. The van der Waals surface area contributed by atoms with Gasteiger partial charge in [-0.15, -0.1) is 0 Å². The lowest BCUT2D eigenvalue weighted by molar-refractivity contribution is -0.123. The fourth-order valence-electron chi connectivity index (χ4n) is 2.68. The van der Waals surface area contributed by atoms with Crippen LogP contribution in [0.25, 0.3) is 0 Å². The van der Waals surface area contributed by atoms with Crippen LogP contribution in [0.1, 0.15) is 12.0 Å².